The van der Waals surface area contributed by atoms with Gasteiger partial charge in [0.1, 0.15) is 16.4 Å². The molecule has 1 aliphatic heterocycles. The van der Waals surface area contributed by atoms with Crippen LogP contribution < -0.4 is 14.8 Å². The summed E-state index contributed by atoms with van der Waals surface area (Å²) in [6, 6.07) is 18.4. The van der Waals surface area contributed by atoms with E-state index >= 15 is 0 Å². The fourth-order valence-corrected chi connectivity index (χ4v) is 5.54. The molecule has 3 aromatic carbocycles. The topological polar surface area (TPSA) is 84.9 Å². The molecule has 1 N–H and O–H groups in total. The summed E-state index contributed by atoms with van der Waals surface area (Å²) in [6.45, 7) is 2.98. The number of hydrogen-bond acceptors (Lipinski definition) is 5. The van der Waals surface area contributed by atoms with Gasteiger partial charge in [-0.2, -0.15) is 4.31 Å². The summed E-state index contributed by atoms with van der Waals surface area (Å²) >= 11 is 6.15. The summed E-state index contributed by atoms with van der Waals surface area (Å²) in [5, 5.41) is 3.21. The van der Waals surface area contributed by atoms with Gasteiger partial charge in [-0.25, -0.2) is 8.42 Å². The number of sulfonamides is 1. The Hall–Kier alpha value is -3.07. The normalized spacial score (nSPS) is 14.1. The number of anilines is 1. The third kappa shape index (κ3) is 5.35. The van der Waals surface area contributed by atoms with Gasteiger partial charge in [0.2, 0.25) is 10.0 Å². The highest BCUT2D eigenvalue weighted by atomic mass is 35.5. The Bertz CT molecular complexity index is 1280. The molecule has 1 amide bonds. The Labute approximate surface area is 204 Å². The molecule has 0 bridgehead atoms. The van der Waals surface area contributed by atoms with E-state index in [9.17, 15) is 13.2 Å². The quantitative estimate of drug-likeness (QED) is 0.437. The molecule has 9 heteroatoms. The lowest BCUT2D eigenvalue weighted by atomic mass is 10.2. The molecule has 0 atom stereocenters. The zero-order chi connectivity index (χ0) is 24.1. The lowest BCUT2D eigenvalue weighted by molar-refractivity contribution is 0.102. The molecule has 178 valence electrons. The molecule has 0 saturated carbocycles. The number of benzene rings is 3. The van der Waals surface area contributed by atoms with Gasteiger partial charge in [-0.3, -0.25) is 4.79 Å². The van der Waals surface area contributed by atoms with Gasteiger partial charge in [0.25, 0.3) is 5.91 Å². The summed E-state index contributed by atoms with van der Waals surface area (Å²) in [7, 11) is -3.79. The van der Waals surface area contributed by atoms with Gasteiger partial charge in [0.15, 0.2) is 5.75 Å². The lowest BCUT2D eigenvalue weighted by Crippen LogP contribution is -2.28. The molecule has 0 radical (unpaired) electrons. The van der Waals surface area contributed by atoms with Gasteiger partial charge < -0.3 is 14.8 Å². The van der Waals surface area contributed by atoms with E-state index in [2.05, 4.69) is 5.32 Å². The largest absolute Gasteiger partial charge is 0.492 e. The van der Waals surface area contributed by atoms with Crippen LogP contribution >= 0.6 is 11.6 Å². The second kappa shape index (κ2) is 10.5. The monoisotopic (exact) mass is 500 g/mol. The third-order valence-electron chi connectivity index (χ3n) is 5.35. The zero-order valence-electron chi connectivity index (χ0n) is 18.7. The SMILES string of the molecule is CCOc1ccc(C(=O)Nc2cc(Cl)ccc2Oc2ccccc2)cc1S(=O)(=O)N1CCCC1. The number of halogens is 1. The van der Waals surface area contributed by atoms with E-state index in [0.29, 0.717) is 41.9 Å². The number of carbonyl (C=O) groups excluding carboxylic acids is 1. The maximum absolute atomic E-state index is 13.2. The highest BCUT2D eigenvalue weighted by Crippen LogP contribution is 2.34. The van der Waals surface area contributed by atoms with E-state index in [0.717, 1.165) is 12.8 Å². The molecule has 0 spiro atoms. The van der Waals surface area contributed by atoms with Crippen LogP contribution in [0.25, 0.3) is 0 Å². The van der Waals surface area contributed by atoms with Crippen molar-refractivity contribution in [2.24, 2.45) is 0 Å². The molecule has 1 saturated heterocycles. The molecule has 0 aliphatic carbocycles. The first-order valence-corrected chi connectivity index (χ1v) is 12.8. The minimum absolute atomic E-state index is 0.0178. The number of nitrogens with zero attached hydrogens (tertiary/aromatic N) is 1. The zero-order valence-corrected chi connectivity index (χ0v) is 20.2. The second-order valence-electron chi connectivity index (χ2n) is 7.72. The van der Waals surface area contributed by atoms with Gasteiger partial charge >= 0.3 is 0 Å². The summed E-state index contributed by atoms with van der Waals surface area (Å²) in [5.41, 5.74) is 0.533. The summed E-state index contributed by atoms with van der Waals surface area (Å²) < 4.78 is 39.4. The molecular formula is C25H25ClN2O5S. The molecule has 4 rings (SSSR count). The first-order chi connectivity index (χ1) is 16.4. The van der Waals surface area contributed by atoms with Crippen LogP contribution in [0.2, 0.25) is 5.02 Å². The number of rotatable bonds is 8. The lowest BCUT2D eigenvalue weighted by Gasteiger charge is -2.19. The van der Waals surface area contributed by atoms with Crippen LogP contribution in [0.15, 0.2) is 71.6 Å². The standard InChI is InChI=1S/C25H25ClN2O5S/c1-2-32-23-12-10-18(16-24(23)34(30,31)28-14-6-7-15-28)25(29)27-21-17-19(26)11-13-22(21)33-20-8-4-3-5-9-20/h3-5,8-13,16-17H,2,6-7,14-15H2,1H3,(H,27,29). The predicted molar refractivity (Wildman–Crippen MR) is 132 cm³/mol. The van der Waals surface area contributed by atoms with Crippen molar-refractivity contribution in [3.05, 3.63) is 77.3 Å². The molecule has 1 heterocycles. The first-order valence-electron chi connectivity index (χ1n) is 11.0. The van der Waals surface area contributed by atoms with Gasteiger partial charge in [0, 0.05) is 23.7 Å². The summed E-state index contributed by atoms with van der Waals surface area (Å²) in [4.78, 5) is 13.1. The fourth-order valence-electron chi connectivity index (χ4n) is 3.69. The van der Waals surface area contributed by atoms with Gasteiger partial charge in [0.05, 0.1) is 12.3 Å². The average molecular weight is 501 g/mol. The molecule has 1 fully saturated rings. The van der Waals surface area contributed by atoms with E-state index in [1.807, 2.05) is 18.2 Å². The van der Waals surface area contributed by atoms with Gasteiger partial charge in [-0.15, -0.1) is 0 Å². The van der Waals surface area contributed by atoms with Gasteiger partial charge in [-0.1, -0.05) is 29.8 Å². The van der Waals surface area contributed by atoms with Crippen molar-refractivity contribution in [2.45, 2.75) is 24.7 Å². The van der Waals surface area contributed by atoms with Crippen molar-refractivity contribution in [3.63, 3.8) is 0 Å². The Morgan fingerprint density at radius 1 is 1.00 bits per heavy atom. The van der Waals surface area contributed by atoms with Crippen LogP contribution in [-0.4, -0.2) is 38.3 Å². The summed E-state index contributed by atoms with van der Waals surface area (Å²) in [6.07, 6.45) is 1.62. The Balaban J connectivity index is 1.64. The van der Waals surface area contributed by atoms with Crippen LogP contribution in [0.4, 0.5) is 5.69 Å². The van der Waals surface area contributed by atoms with E-state index in [4.69, 9.17) is 21.1 Å². The van der Waals surface area contributed by atoms with Crippen LogP contribution in [0.5, 0.6) is 17.2 Å². The first kappa shape index (κ1) is 24.1. The van der Waals surface area contributed by atoms with Crippen molar-refractivity contribution in [3.8, 4) is 17.2 Å². The van der Waals surface area contributed by atoms with Crippen LogP contribution in [0.1, 0.15) is 30.1 Å². The van der Waals surface area contributed by atoms with Crippen molar-refractivity contribution in [1.82, 2.24) is 4.31 Å². The van der Waals surface area contributed by atoms with Crippen LogP contribution in [-0.2, 0) is 10.0 Å². The molecule has 34 heavy (non-hydrogen) atoms. The number of ether oxygens (including phenoxy) is 2. The molecular weight excluding hydrogens is 476 g/mol. The van der Waals surface area contributed by atoms with E-state index in [-0.39, 0.29) is 16.2 Å². The van der Waals surface area contributed by atoms with E-state index in [1.54, 1.807) is 37.3 Å². The van der Waals surface area contributed by atoms with Crippen molar-refractivity contribution < 1.29 is 22.7 Å². The highest BCUT2D eigenvalue weighted by molar-refractivity contribution is 7.89. The number of carbonyl (C=O) groups is 1. The Kier molecular flexibility index (Phi) is 7.41. The van der Waals surface area contributed by atoms with Crippen molar-refractivity contribution in [2.75, 3.05) is 25.0 Å². The predicted octanol–water partition coefficient (Wildman–Crippen LogP) is 5.57. The Morgan fingerprint density at radius 3 is 2.41 bits per heavy atom. The maximum atomic E-state index is 13.2. The van der Waals surface area contributed by atoms with Crippen LogP contribution in [0.3, 0.4) is 0 Å². The number of nitrogens with one attached hydrogen (secondary N) is 1. The van der Waals surface area contributed by atoms with E-state index < -0.39 is 15.9 Å². The smallest absolute Gasteiger partial charge is 0.255 e. The third-order valence-corrected chi connectivity index (χ3v) is 7.50. The van der Waals surface area contributed by atoms with Crippen molar-refractivity contribution >= 4 is 33.2 Å². The minimum Gasteiger partial charge on any atom is -0.492 e. The summed E-state index contributed by atoms with van der Waals surface area (Å²) in [5.74, 6) is 0.725. The van der Waals surface area contributed by atoms with Crippen molar-refractivity contribution in [1.29, 1.82) is 0 Å². The number of amides is 1. The highest BCUT2D eigenvalue weighted by Gasteiger charge is 2.31. The average Bonchev–Trinajstić information content (AvgIpc) is 3.38. The molecule has 0 unspecified atom stereocenters. The van der Waals surface area contributed by atoms with E-state index in [1.165, 1.54) is 22.5 Å². The number of para-hydroxylation sites is 1. The maximum Gasteiger partial charge on any atom is 0.255 e. The second-order valence-corrected chi connectivity index (χ2v) is 10.1. The molecule has 0 aromatic heterocycles. The molecule has 7 nitrogen and oxygen atoms in total. The molecule has 1 aliphatic rings. The number of hydrogen-bond donors (Lipinski definition) is 1. The molecule has 3 aromatic rings. The van der Waals surface area contributed by atoms with Crippen LogP contribution in [0, 0.1) is 0 Å². The minimum atomic E-state index is -3.79. The fraction of sp³-hybridized carbons (Fsp3) is 0.240. The van der Waals surface area contributed by atoms with Gasteiger partial charge in [-0.05, 0) is 68.3 Å². The Morgan fingerprint density at radius 2 is 1.71 bits per heavy atom.